The molecule has 0 N–H and O–H groups in total. The Morgan fingerprint density at radius 3 is 2.11 bits per heavy atom. The number of halogens is 1. The van der Waals surface area contributed by atoms with Crippen LogP contribution in [0.25, 0.3) is 0 Å². The molecule has 0 unspecified atom stereocenters. The van der Waals surface area contributed by atoms with Crippen molar-refractivity contribution in [1.82, 2.24) is 4.98 Å². The standard InChI is InChI=1S/C14H19BFNO2/c1-12(2)13(3,4)19-15(18-12)10-5-6-11(17-9-10)14(16)7-8-14/h5-6,9H,7-8H2,1-4H3. The van der Waals surface area contributed by atoms with E-state index in [-0.39, 0.29) is 11.2 Å². The van der Waals surface area contributed by atoms with Crippen molar-refractivity contribution in [3.05, 3.63) is 24.0 Å². The second-order valence-electron chi connectivity index (χ2n) is 6.53. The second-order valence-corrected chi connectivity index (χ2v) is 6.53. The topological polar surface area (TPSA) is 31.4 Å². The van der Waals surface area contributed by atoms with E-state index in [2.05, 4.69) is 4.98 Å². The van der Waals surface area contributed by atoms with Crippen LogP contribution in [-0.2, 0) is 15.0 Å². The zero-order valence-corrected chi connectivity index (χ0v) is 11.9. The van der Waals surface area contributed by atoms with E-state index in [4.69, 9.17) is 9.31 Å². The lowest BCUT2D eigenvalue weighted by Gasteiger charge is -2.32. The first-order chi connectivity index (χ1) is 8.74. The maximum Gasteiger partial charge on any atom is 0.496 e. The molecule has 2 aliphatic rings. The fraction of sp³-hybridized carbons (Fsp3) is 0.643. The molecule has 1 aliphatic heterocycles. The molecule has 0 bridgehead atoms. The largest absolute Gasteiger partial charge is 0.496 e. The maximum atomic E-state index is 13.9. The van der Waals surface area contributed by atoms with Crippen LogP contribution < -0.4 is 5.46 Å². The minimum atomic E-state index is -1.19. The summed E-state index contributed by atoms with van der Waals surface area (Å²) in [6.07, 6.45) is 2.82. The Morgan fingerprint density at radius 2 is 1.68 bits per heavy atom. The summed E-state index contributed by atoms with van der Waals surface area (Å²) in [5.74, 6) is 0. The molecular formula is C14H19BFNO2. The molecule has 0 aromatic carbocycles. The van der Waals surface area contributed by atoms with Crippen molar-refractivity contribution in [2.75, 3.05) is 0 Å². The molecule has 1 aromatic heterocycles. The predicted molar refractivity (Wildman–Crippen MR) is 72.0 cm³/mol. The first kappa shape index (κ1) is 13.1. The first-order valence-corrected chi connectivity index (χ1v) is 6.75. The normalized spacial score (nSPS) is 26.5. The second kappa shape index (κ2) is 3.80. The van der Waals surface area contributed by atoms with Crippen molar-refractivity contribution in [3.8, 4) is 0 Å². The minimum Gasteiger partial charge on any atom is -0.399 e. The summed E-state index contributed by atoms with van der Waals surface area (Å²) in [5.41, 5.74) is -0.559. The Bertz CT molecular complexity index is 481. The Kier molecular flexibility index (Phi) is 2.61. The van der Waals surface area contributed by atoms with Gasteiger partial charge in [0.1, 0.15) is 0 Å². The highest BCUT2D eigenvalue weighted by atomic mass is 19.1. The molecule has 3 rings (SSSR count). The summed E-state index contributed by atoms with van der Waals surface area (Å²) >= 11 is 0. The lowest BCUT2D eigenvalue weighted by Crippen LogP contribution is -2.41. The highest BCUT2D eigenvalue weighted by molar-refractivity contribution is 6.62. The molecule has 2 heterocycles. The fourth-order valence-corrected chi connectivity index (χ4v) is 2.15. The Morgan fingerprint density at radius 1 is 1.11 bits per heavy atom. The summed E-state index contributed by atoms with van der Waals surface area (Å²) in [7, 11) is -0.429. The number of hydrogen-bond donors (Lipinski definition) is 0. The predicted octanol–water partition coefficient (Wildman–Crippen LogP) is 2.34. The Labute approximate surface area is 113 Å². The molecule has 0 spiro atoms. The lowest BCUT2D eigenvalue weighted by molar-refractivity contribution is 0.00578. The highest BCUT2D eigenvalue weighted by Gasteiger charge is 2.52. The molecule has 1 saturated heterocycles. The molecule has 19 heavy (non-hydrogen) atoms. The molecule has 1 aromatic rings. The fourth-order valence-electron chi connectivity index (χ4n) is 2.15. The quantitative estimate of drug-likeness (QED) is 0.767. The van der Waals surface area contributed by atoms with Gasteiger partial charge in [-0.15, -0.1) is 0 Å². The monoisotopic (exact) mass is 263 g/mol. The SMILES string of the molecule is CC1(C)OB(c2ccc(C3(F)CC3)nc2)OC1(C)C. The van der Waals surface area contributed by atoms with Crippen LogP contribution in [0.5, 0.6) is 0 Å². The summed E-state index contributed by atoms with van der Waals surface area (Å²) in [4.78, 5) is 4.22. The van der Waals surface area contributed by atoms with E-state index in [1.54, 1.807) is 12.3 Å². The third kappa shape index (κ3) is 2.09. The summed E-state index contributed by atoms with van der Waals surface area (Å²) in [6, 6.07) is 3.59. The molecule has 3 nitrogen and oxygen atoms in total. The number of nitrogens with zero attached hydrogens (tertiary/aromatic N) is 1. The van der Waals surface area contributed by atoms with Crippen molar-refractivity contribution >= 4 is 12.6 Å². The smallest absolute Gasteiger partial charge is 0.399 e. The minimum absolute atomic E-state index is 0.367. The Balaban J connectivity index is 1.81. The van der Waals surface area contributed by atoms with Gasteiger partial charge in [0.25, 0.3) is 0 Å². The molecule has 0 radical (unpaired) electrons. The van der Waals surface area contributed by atoms with Gasteiger partial charge in [-0.05, 0) is 46.6 Å². The number of alkyl halides is 1. The van der Waals surface area contributed by atoms with Gasteiger partial charge in [0, 0.05) is 11.7 Å². The molecule has 0 atom stereocenters. The molecule has 5 heteroatoms. The average Bonchev–Trinajstić information content (AvgIpc) is 3.02. The number of rotatable bonds is 2. The summed E-state index contributed by atoms with van der Waals surface area (Å²) in [5, 5.41) is 0. The molecular weight excluding hydrogens is 244 g/mol. The van der Waals surface area contributed by atoms with Crippen LogP contribution >= 0.6 is 0 Å². The third-order valence-electron chi connectivity index (χ3n) is 4.46. The van der Waals surface area contributed by atoms with Crippen LogP contribution in [0.1, 0.15) is 46.2 Å². The average molecular weight is 263 g/mol. The van der Waals surface area contributed by atoms with Gasteiger partial charge in [0.2, 0.25) is 0 Å². The molecule has 1 saturated carbocycles. The van der Waals surface area contributed by atoms with Gasteiger partial charge in [-0.2, -0.15) is 0 Å². The van der Waals surface area contributed by atoms with E-state index in [1.807, 2.05) is 33.8 Å². The van der Waals surface area contributed by atoms with Crippen LogP contribution in [0.15, 0.2) is 18.3 Å². The summed E-state index contributed by atoms with van der Waals surface area (Å²) in [6.45, 7) is 8.04. The molecule has 1 aliphatic carbocycles. The van der Waals surface area contributed by atoms with Crippen LogP contribution in [0.3, 0.4) is 0 Å². The van der Waals surface area contributed by atoms with Gasteiger partial charge in [-0.1, -0.05) is 6.07 Å². The van der Waals surface area contributed by atoms with Gasteiger partial charge >= 0.3 is 7.12 Å². The van der Waals surface area contributed by atoms with Crippen molar-refractivity contribution < 1.29 is 13.7 Å². The molecule has 0 amide bonds. The van der Waals surface area contributed by atoms with E-state index in [9.17, 15) is 4.39 Å². The van der Waals surface area contributed by atoms with E-state index in [1.165, 1.54) is 0 Å². The van der Waals surface area contributed by atoms with Gasteiger partial charge < -0.3 is 9.31 Å². The first-order valence-electron chi connectivity index (χ1n) is 6.75. The molecule has 2 fully saturated rings. The Hall–Kier alpha value is -0.935. The summed E-state index contributed by atoms with van der Waals surface area (Å²) < 4.78 is 25.7. The number of aromatic nitrogens is 1. The van der Waals surface area contributed by atoms with Crippen LogP contribution in [0.4, 0.5) is 4.39 Å². The highest BCUT2D eigenvalue weighted by Crippen LogP contribution is 2.48. The zero-order chi connectivity index (χ0) is 13.9. The van der Waals surface area contributed by atoms with E-state index in [0.29, 0.717) is 18.5 Å². The number of hydrogen-bond acceptors (Lipinski definition) is 3. The van der Waals surface area contributed by atoms with Crippen molar-refractivity contribution in [2.45, 2.75) is 57.4 Å². The number of pyridine rings is 1. The van der Waals surface area contributed by atoms with Crippen molar-refractivity contribution in [3.63, 3.8) is 0 Å². The van der Waals surface area contributed by atoms with Gasteiger partial charge in [0.15, 0.2) is 5.67 Å². The van der Waals surface area contributed by atoms with Gasteiger partial charge in [-0.25, -0.2) is 4.39 Å². The maximum absolute atomic E-state index is 13.9. The van der Waals surface area contributed by atoms with Gasteiger partial charge in [0.05, 0.1) is 16.9 Å². The zero-order valence-electron chi connectivity index (χ0n) is 11.9. The van der Waals surface area contributed by atoms with Crippen LogP contribution in [0.2, 0.25) is 0 Å². The van der Waals surface area contributed by atoms with Crippen molar-refractivity contribution in [1.29, 1.82) is 0 Å². The van der Waals surface area contributed by atoms with Crippen molar-refractivity contribution in [2.24, 2.45) is 0 Å². The van der Waals surface area contributed by atoms with E-state index < -0.39 is 12.8 Å². The van der Waals surface area contributed by atoms with Crippen LogP contribution in [0, 0.1) is 0 Å². The van der Waals surface area contributed by atoms with E-state index >= 15 is 0 Å². The lowest BCUT2D eigenvalue weighted by atomic mass is 9.80. The molecule has 102 valence electrons. The third-order valence-corrected chi connectivity index (χ3v) is 4.46. The van der Waals surface area contributed by atoms with Crippen LogP contribution in [-0.4, -0.2) is 23.3 Å². The van der Waals surface area contributed by atoms with E-state index in [0.717, 1.165) is 5.46 Å². The van der Waals surface area contributed by atoms with Gasteiger partial charge in [-0.3, -0.25) is 4.98 Å².